The van der Waals surface area contributed by atoms with E-state index in [4.69, 9.17) is 0 Å². The molecular formula is C9H9NO3. The van der Waals surface area contributed by atoms with Crippen molar-refractivity contribution in [1.29, 1.82) is 0 Å². The summed E-state index contributed by atoms with van der Waals surface area (Å²) in [5.74, 6) is -0.490. The number of hydrogen-bond acceptors (Lipinski definition) is 3. The third-order valence-corrected chi connectivity index (χ3v) is 1.42. The van der Waals surface area contributed by atoms with Crippen molar-refractivity contribution in [2.75, 3.05) is 7.11 Å². The van der Waals surface area contributed by atoms with E-state index in [-0.39, 0.29) is 5.56 Å². The Morgan fingerprint density at radius 1 is 1.54 bits per heavy atom. The molecule has 0 saturated carbocycles. The molecule has 0 bridgehead atoms. The van der Waals surface area contributed by atoms with E-state index in [9.17, 15) is 9.59 Å². The van der Waals surface area contributed by atoms with Crippen LogP contribution in [0.1, 0.15) is 0 Å². The van der Waals surface area contributed by atoms with Crippen molar-refractivity contribution in [1.82, 2.24) is 4.57 Å². The van der Waals surface area contributed by atoms with Crippen LogP contribution in [0.2, 0.25) is 0 Å². The average Bonchev–Trinajstić information content (AvgIpc) is 2.16. The van der Waals surface area contributed by atoms with Gasteiger partial charge in [-0.1, -0.05) is 6.07 Å². The molecule has 0 fully saturated rings. The van der Waals surface area contributed by atoms with Gasteiger partial charge < -0.3 is 4.74 Å². The quantitative estimate of drug-likeness (QED) is 0.490. The van der Waals surface area contributed by atoms with Crippen molar-refractivity contribution >= 4 is 12.2 Å². The first kappa shape index (κ1) is 9.25. The number of methoxy groups -OCH3 is 1. The van der Waals surface area contributed by atoms with E-state index < -0.39 is 5.97 Å². The lowest BCUT2D eigenvalue weighted by atomic mass is 10.5. The molecule has 4 heteroatoms. The van der Waals surface area contributed by atoms with Gasteiger partial charge in [0.25, 0.3) is 5.56 Å². The molecule has 4 nitrogen and oxygen atoms in total. The minimum absolute atomic E-state index is 0.192. The normalized spacial score (nSPS) is 10.2. The van der Waals surface area contributed by atoms with Gasteiger partial charge in [0.15, 0.2) is 0 Å². The molecule has 0 aliphatic carbocycles. The fourth-order valence-electron chi connectivity index (χ4n) is 0.772. The highest BCUT2D eigenvalue weighted by Gasteiger charge is 1.91. The zero-order chi connectivity index (χ0) is 9.68. The van der Waals surface area contributed by atoms with Crippen LogP contribution in [0.15, 0.2) is 35.3 Å². The predicted octanol–water partition coefficient (Wildman–Crippen LogP) is 0.492. The molecule has 0 radical (unpaired) electrons. The fourth-order valence-corrected chi connectivity index (χ4v) is 0.772. The molecule has 0 aliphatic rings. The molecule has 0 spiro atoms. The lowest BCUT2D eigenvalue weighted by Gasteiger charge is -1.95. The summed E-state index contributed by atoms with van der Waals surface area (Å²) in [6.07, 6.45) is 4.09. The highest BCUT2D eigenvalue weighted by Crippen LogP contribution is 1.84. The van der Waals surface area contributed by atoms with Gasteiger partial charge in [-0.2, -0.15) is 0 Å². The number of nitrogens with zero attached hydrogens (tertiary/aromatic N) is 1. The summed E-state index contributed by atoms with van der Waals surface area (Å²) in [4.78, 5) is 21.8. The second kappa shape index (κ2) is 4.25. The zero-order valence-electron chi connectivity index (χ0n) is 7.14. The molecule has 0 unspecified atom stereocenters. The van der Waals surface area contributed by atoms with Crippen LogP contribution in [-0.4, -0.2) is 17.6 Å². The van der Waals surface area contributed by atoms with Crippen LogP contribution in [0, 0.1) is 0 Å². The van der Waals surface area contributed by atoms with Crippen molar-refractivity contribution < 1.29 is 9.53 Å². The predicted molar refractivity (Wildman–Crippen MR) is 48.0 cm³/mol. The summed E-state index contributed by atoms with van der Waals surface area (Å²) >= 11 is 0. The molecule has 0 aliphatic heterocycles. The molecule has 68 valence electrons. The molecule has 1 aromatic heterocycles. The second-order valence-electron chi connectivity index (χ2n) is 2.29. The van der Waals surface area contributed by atoms with Crippen molar-refractivity contribution in [2.24, 2.45) is 0 Å². The maximum Gasteiger partial charge on any atom is 0.331 e. The minimum Gasteiger partial charge on any atom is -0.466 e. The largest absolute Gasteiger partial charge is 0.466 e. The van der Waals surface area contributed by atoms with Gasteiger partial charge in [0.2, 0.25) is 0 Å². The Hall–Kier alpha value is -1.84. The number of carbonyl (C=O) groups is 1. The Morgan fingerprint density at radius 3 is 2.92 bits per heavy atom. The summed E-state index contributed by atoms with van der Waals surface area (Å²) in [7, 11) is 1.28. The summed E-state index contributed by atoms with van der Waals surface area (Å²) < 4.78 is 5.66. The first-order valence-electron chi connectivity index (χ1n) is 3.67. The van der Waals surface area contributed by atoms with Gasteiger partial charge in [-0.25, -0.2) is 4.79 Å². The summed E-state index contributed by atoms with van der Waals surface area (Å²) in [5, 5.41) is 0. The smallest absolute Gasteiger partial charge is 0.331 e. The zero-order valence-corrected chi connectivity index (χ0v) is 7.14. The number of aromatic nitrogens is 1. The summed E-state index contributed by atoms with van der Waals surface area (Å²) in [6, 6.07) is 4.73. The molecule has 1 heterocycles. The minimum atomic E-state index is -0.490. The van der Waals surface area contributed by atoms with Crippen molar-refractivity contribution in [3.8, 4) is 0 Å². The third-order valence-electron chi connectivity index (χ3n) is 1.42. The third kappa shape index (κ3) is 2.59. The van der Waals surface area contributed by atoms with Gasteiger partial charge in [-0.15, -0.1) is 0 Å². The molecule has 0 aromatic carbocycles. The molecule has 1 rings (SSSR count). The van der Waals surface area contributed by atoms with Gasteiger partial charge in [0, 0.05) is 24.5 Å². The van der Waals surface area contributed by atoms with Gasteiger partial charge in [0.05, 0.1) is 7.11 Å². The van der Waals surface area contributed by atoms with E-state index in [1.54, 1.807) is 18.3 Å². The van der Waals surface area contributed by atoms with E-state index in [0.29, 0.717) is 0 Å². The lowest BCUT2D eigenvalue weighted by Crippen LogP contribution is -2.12. The van der Waals surface area contributed by atoms with Gasteiger partial charge in [-0.3, -0.25) is 9.36 Å². The van der Waals surface area contributed by atoms with Crippen LogP contribution in [0.3, 0.4) is 0 Å². The SMILES string of the molecule is COC(=O)/C=C\n1ccccc1=O. The first-order chi connectivity index (χ1) is 6.24. The monoisotopic (exact) mass is 179 g/mol. The Labute approximate surface area is 75.1 Å². The number of carbonyl (C=O) groups excluding carboxylic acids is 1. The van der Waals surface area contributed by atoms with E-state index in [2.05, 4.69) is 4.74 Å². The Kier molecular flexibility index (Phi) is 3.03. The van der Waals surface area contributed by atoms with E-state index in [1.807, 2.05) is 0 Å². The van der Waals surface area contributed by atoms with Gasteiger partial charge >= 0.3 is 5.97 Å². The van der Waals surface area contributed by atoms with Gasteiger partial charge in [-0.05, 0) is 6.07 Å². The fraction of sp³-hybridized carbons (Fsp3) is 0.111. The maximum atomic E-state index is 11.1. The van der Waals surface area contributed by atoms with E-state index in [1.165, 1.54) is 30.0 Å². The highest BCUT2D eigenvalue weighted by molar-refractivity contribution is 5.84. The second-order valence-corrected chi connectivity index (χ2v) is 2.29. The van der Waals surface area contributed by atoms with E-state index in [0.717, 1.165) is 0 Å². The molecule has 0 saturated heterocycles. The standard InChI is InChI=1S/C9H9NO3/c1-13-9(12)5-7-10-6-3-2-4-8(10)11/h2-7H,1H3/b7-5-. The molecule has 1 aromatic rings. The Bertz CT molecular complexity index is 378. The average molecular weight is 179 g/mol. The van der Waals surface area contributed by atoms with Crippen molar-refractivity contribution in [2.45, 2.75) is 0 Å². The van der Waals surface area contributed by atoms with Crippen LogP contribution >= 0.6 is 0 Å². The van der Waals surface area contributed by atoms with Crippen molar-refractivity contribution in [3.63, 3.8) is 0 Å². The van der Waals surface area contributed by atoms with E-state index >= 15 is 0 Å². The van der Waals surface area contributed by atoms with Crippen LogP contribution in [0.4, 0.5) is 0 Å². The van der Waals surface area contributed by atoms with Gasteiger partial charge in [0.1, 0.15) is 0 Å². The summed E-state index contributed by atoms with van der Waals surface area (Å²) in [5.41, 5.74) is -0.192. The highest BCUT2D eigenvalue weighted by atomic mass is 16.5. The Morgan fingerprint density at radius 2 is 2.31 bits per heavy atom. The topological polar surface area (TPSA) is 48.3 Å². The van der Waals surface area contributed by atoms with Crippen LogP contribution in [0.5, 0.6) is 0 Å². The summed E-state index contributed by atoms with van der Waals surface area (Å²) in [6.45, 7) is 0. The number of hydrogen-bond donors (Lipinski definition) is 0. The molecular weight excluding hydrogens is 170 g/mol. The number of ether oxygens (including phenoxy) is 1. The maximum absolute atomic E-state index is 11.1. The molecule has 0 N–H and O–H groups in total. The lowest BCUT2D eigenvalue weighted by molar-refractivity contribution is -0.134. The van der Waals surface area contributed by atoms with Crippen LogP contribution < -0.4 is 5.56 Å². The number of pyridine rings is 1. The van der Waals surface area contributed by atoms with Crippen LogP contribution in [-0.2, 0) is 9.53 Å². The number of esters is 1. The number of rotatable bonds is 2. The first-order valence-corrected chi connectivity index (χ1v) is 3.67. The van der Waals surface area contributed by atoms with Crippen molar-refractivity contribution in [3.05, 3.63) is 40.8 Å². The molecule has 0 atom stereocenters. The van der Waals surface area contributed by atoms with Crippen LogP contribution in [0.25, 0.3) is 6.20 Å². The molecule has 13 heavy (non-hydrogen) atoms. The molecule has 0 amide bonds. The Balaban J connectivity index is 2.86.